The van der Waals surface area contributed by atoms with Crippen LogP contribution in [0.15, 0.2) is 66.7 Å². The van der Waals surface area contributed by atoms with Crippen LogP contribution in [-0.4, -0.2) is 28.5 Å². The molecule has 1 unspecified atom stereocenters. The van der Waals surface area contributed by atoms with E-state index < -0.39 is 18.1 Å². The summed E-state index contributed by atoms with van der Waals surface area (Å²) in [5.74, 6) is 0.451. The molecule has 0 saturated carbocycles. The lowest BCUT2D eigenvalue weighted by molar-refractivity contribution is -0.131. The zero-order valence-corrected chi connectivity index (χ0v) is 19.7. The van der Waals surface area contributed by atoms with E-state index in [1.54, 1.807) is 41.3 Å². The van der Waals surface area contributed by atoms with Gasteiger partial charge in [-0.15, -0.1) is 0 Å². The molecule has 1 aliphatic rings. The zero-order chi connectivity index (χ0) is 23.8. The number of nitrogens with zero attached hydrogens (tertiary/aromatic N) is 1. The van der Waals surface area contributed by atoms with E-state index in [1.807, 2.05) is 30.3 Å². The molecule has 6 nitrogen and oxygen atoms in total. The van der Waals surface area contributed by atoms with E-state index in [0.29, 0.717) is 34.5 Å². The number of H-pyrrole nitrogens is 1. The van der Waals surface area contributed by atoms with Gasteiger partial charge in [-0.3, -0.25) is 9.69 Å². The minimum Gasteiger partial charge on any atom is -0.427 e. The van der Waals surface area contributed by atoms with Gasteiger partial charge in [0.2, 0.25) is 0 Å². The molecule has 4 aromatic rings. The summed E-state index contributed by atoms with van der Waals surface area (Å²) >= 11 is 12.2. The number of ether oxygens (including phenoxy) is 2. The molecule has 1 atom stereocenters. The van der Waals surface area contributed by atoms with E-state index in [9.17, 15) is 9.59 Å². The van der Waals surface area contributed by atoms with Crippen molar-refractivity contribution >= 4 is 46.2 Å². The highest BCUT2D eigenvalue weighted by molar-refractivity contribution is 6.31. The third-order valence-electron chi connectivity index (χ3n) is 5.80. The monoisotopic (exact) mass is 494 g/mol. The average molecular weight is 495 g/mol. The number of benzene rings is 3. The van der Waals surface area contributed by atoms with E-state index in [2.05, 4.69) is 4.98 Å². The van der Waals surface area contributed by atoms with Crippen LogP contribution in [0.3, 0.4) is 0 Å². The number of carbonyl (C=O) groups is 2. The van der Waals surface area contributed by atoms with Crippen molar-refractivity contribution in [2.45, 2.75) is 19.4 Å². The third-order valence-corrected chi connectivity index (χ3v) is 6.29. The number of halogens is 2. The highest BCUT2D eigenvalue weighted by Gasteiger charge is 2.35. The second kappa shape index (κ2) is 9.05. The number of hydrogen-bond acceptors (Lipinski definition) is 4. The molecule has 1 N–H and O–H groups in total. The fraction of sp³-hybridized carbons (Fsp3) is 0.154. The summed E-state index contributed by atoms with van der Waals surface area (Å²) in [5, 5.41) is 2.25. The fourth-order valence-electron chi connectivity index (χ4n) is 4.35. The molecule has 5 rings (SSSR count). The van der Waals surface area contributed by atoms with E-state index >= 15 is 0 Å². The summed E-state index contributed by atoms with van der Waals surface area (Å²) < 4.78 is 10.8. The standard InChI is InChI=1S/C26H20Cl2N2O4/c1-15(31)33-19-7-2-16(3-8-19)25-24-21(22-14-18(28)6-11-23(22)29-24)12-13-30(25)26(32)34-20-9-4-17(27)5-10-20/h2-11,14,25,29H,12-13H2,1H3. The molecule has 1 aliphatic heterocycles. The summed E-state index contributed by atoms with van der Waals surface area (Å²) in [4.78, 5) is 29.8. The number of nitrogens with one attached hydrogen (secondary N) is 1. The summed E-state index contributed by atoms with van der Waals surface area (Å²) in [5.41, 5.74) is 3.81. The van der Waals surface area contributed by atoms with Gasteiger partial charge in [-0.1, -0.05) is 35.3 Å². The molecule has 0 spiro atoms. The van der Waals surface area contributed by atoms with Crippen molar-refractivity contribution in [2.24, 2.45) is 0 Å². The molecule has 0 saturated heterocycles. The predicted octanol–water partition coefficient (Wildman–Crippen LogP) is 6.55. The Hall–Kier alpha value is -3.48. The van der Waals surface area contributed by atoms with Crippen LogP contribution in [0.2, 0.25) is 10.0 Å². The Kier molecular flexibility index (Phi) is 5.94. The zero-order valence-electron chi connectivity index (χ0n) is 18.2. The van der Waals surface area contributed by atoms with Crippen molar-refractivity contribution in [2.75, 3.05) is 6.54 Å². The Bertz CT molecular complexity index is 1380. The van der Waals surface area contributed by atoms with Crippen LogP contribution in [0.5, 0.6) is 11.5 Å². The molecule has 0 aliphatic carbocycles. The maximum Gasteiger partial charge on any atom is 0.416 e. The van der Waals surface area contributed by atoms with Crippen LogP contribution in [-0.2, 0) is 11.2 Å². The van der Waals surface area contributed by atoms with Crippen LogP contribution in [0.4, 0.5) is 4.79 Å². The van der Waals surface area contributed by atoms with Gasteiger partial charge < -0.3 is 14.5 Å². The van der Waals surface area contributed by atoms with E-state index in [1.165, 1.54) is 6.92 Å². The van der Waals surface area contributed by atoms with Crippen molar-refractivity contribution in [3.05, 3.63) is 93.6 Å². The fourth-order valence-corrected chi connectivity index (χ4v) is 4.65. The number of amides is 1. The molecule has 1 amide bonds. The Balaban J connectivity index is 1.55. The van der Waals surface area contributed by atoms with Crippen LogP contribution in [0.25, 0.3) is 10.9 Å². The minimum atomic E-state index is -0.473. The lowest BCUT2D eigenvalue weighted by Gasteiger charge is -2.35. The Labute approximate surface area is 206 Å². The highest BCUT2D eigenvalue weighted by atomic mass is 35.5. The van der Waals surface area contributed by atoms with E-state index in [0.717, 1.165) is 27.7 Å². The summed E-state index contributed by atoms with van der Waals surface area (Å²) in [6, 6.07) is 19.1. The maximum absolute atomic E-state index is 13.3. The second-order valence-electron chi connectivity index (χ2n) is 8.04. The molecular weight excluding hydrogens is 475 g/mol. The first-order valence-electron chi connectivity index (χ1n) is 10.7. The van der Waals surface area contributed by atoms with Gasteiger partial charge in [0.1, 0.15) is 17.5 Å². The van der Waals surface area contributed by atoms with Crippen LogP contribution in [0, 0.1) is 0 Å². The second-order valence-corrected chi connectivity index (χ2v) is 8.91. The number of aromatic amines is 1. The largest absolute Gasteiger partial charge is 0.427 e. The Morgan fingerprint density at radius 2 is 1.56 bits per heavy atom. The van der Waals surface area contributed by atoms with Crippen molar-refractivity contribution in [1.82, 2.24) is 9.88 Å². The van der Waals surface area contributed by atoms with E-state index in [-0.39, 0.29) is 0 Å². The molecule has 34 heavy (non-hydrogen) atoms. The predicted molar refractivity (Wildman–Crippen MR) is 131 cm³/mol. The van der Waals surface area contributed by atoms with Gasteiger partial charge in [0.15, 0.2) is 0 Å². The minimum absolute atomic E-state index is 0.395. The number of aromatic nitrogens is 1. The van der Waals surface area contributed by atoms with Crippen molar-refractivity contribution in [3.8, 4) is 11.5 Å². The molecule has 0 fully saturated rings. The van der Waals surface area contributed by atoms with Gasteiger partial charge >= 0.3 is 12.1 Å². The number of carbonyl (C=O) groups excluding carboxylic acids is 2. The Morgan fingerprint density at radius 3 is 2.26 bits per heavy atom. The third kappa shape index (κ3) is 4.34. The number of fused-ring (bicyclic) bond motifs is 3. The lowest BCUT2D eigenvalue weighted by atomic mass is 9.92. The number of esters is 1. The van der Waals surface area contributed by atoms with E-state index in [4.69, 9.17) is 32.7 Å². The molecule has 8 heteroatoms. The number of hydrogen-bond donors (Lipinski definition) is 1. The topological polar surface area (TPSA) is 71.6 Å². The van der Waals surface area contributed by atoms with Crippen molar-refractivity contribution in [3.63, 3.8) is 0 Å². The normalized spacial score (nSPS) is 15.1. The SMILES string of the molecule is CC(=O)Oc1ccc(C2c3[nH]c4ccc(Cl)cc4c3CCN2C(=O)Oc2ccc(Cl)cc2)cc1. The number of rotatable bonds is 3. The van der Waals surface area contributed by atoms with Gasteiger partial charge in [-0.25, -0.2) is 4.79 Å². The Morgan fingerprint density at radius 1 is 0.912 bits per heavy atom. The van der Waals surface area contributed by atoms with Crippen LogP contribution in [0.1, 0.15) is 29.8 Å². The smallest absolute Gasteiger partial charge is 0.416 e. The molecule has 1 aromatic heterocycles. The van der Waals surface area contributed by atoms with Gasteiger partial charge in [-0.05, 0) is 72.1 Å². The quantitative estimate of drug-likeness (QED) is 0.259. The first kappa shape index (κ1) is 22.3. The molecule has 3 aromatic carbocycles. The first-order valence-corrected chi connectivity index (χ1v) is 11.5. The summed E-state index contributed by atoms with van der Waals surface area (Å²) in [7, 11) is 0. The summed E-state index contributed by atoms with van der Waals surface area (Å²) in [6.45, 7) is 1.81. The summed E-state index contributed by atoms with van der Waals surface area (Å²) in [6.07, 6.45) is 0.173. The van der Waals surface area contributed by atoms with Crippen LogP contribution < -0.4 is 9.47 Å². The molecule has 0 bridgehead atoms. The lowest BCUT2D eigenvalue weighted by Crippen LogP contribution is -2.42. The van der Waals surface area contributed by atoms with Crippen LogP contribution >= 0.6 is 23.2 Å². The van der Waals surface area contributed by atoms with Gasteiger partial charge in [0.05, 0.1) is 0 Å². The molecular formula is C26H20Cl2N2O4. The molecule has 0 radical (unpaired) electrons. The average Bonchev–Trinajstić information content (AvgIpc) is 3.18. The molecule has 2 heterocycles. The van der Waals surface area contributed by atoms with Gasteiger partial charge in [0.25, 0.3) is 0 Å². The first-order chi connectivity index (χ1) is 16.4. The van der Waals surface area contributed by atoms with Crippen molar-refractivity contribution in [1.29, 1.82) is 0 Å². The van der Waals surface area contributed by atoms with Crippen molar-refractivity contribution < 1.29 is 19.1 Å². The van der Waals surface area contributed by atoms with Gasteiger partial charge in [-0.2, -0.15) is 0 Å². The highest BCUT2D eigenvalue weighted by Crippen LogP contribution is 2.40. The molecule has 172 valence electrons. The van der Waals surface area contributed by atoms with Gasteiger partial charge in [0, 0.05) is 40.1 Å². The maximum atomic E-state index is 13.3.